The summed E-state index contributed by atoms with van der Waals surface area (Å²) in [7, 11) is 0. The van der Waals surface area contributed by atoms with Crippen LogP contribution in [0.15, 0.2) is 54.6 Å². The highest BCUT2D eigenvalue weighted by Gasteiger charge is 2.43. The van der Waals surface area contributed by atoms with Crippen LogP contribution in [0.2, 0.25) is 0 Å². The van der Waals surface area contributed by atoms with Crippen LogP contribution in [0.4, 0.5) is 0 Å². The Morgan fingerprint density at radius 3 is 2.43 bits per heavy atom. The molecule has 0 saturated heterocycles. The van der Waals surface area contributed by atoms with Crippen molar-refractivity contribution in [2.24, 2.45) is 5.73 Å². The fraction of sp³-hybridized carbons (Fsp3) is 0.278. The molecule has 1 aliphatic rings. The summed E-state index contributed by atoms with van der Waals surface area (Å²) >= 11 is 0. The van der Waals surface area contributed by atoms with Crippen LogP contribution in [-0.4, -0.2) is 17.6 Å². The minimum absolute atomic E-state index is 0.116. The van der Waals surface area contributed by atoms with Crippen LogP contribution >= 0.6 is 0 Å². The third-order valence-corrected chi connectivity index (χ3v) is 4.64. The number of aliphatic carboxylic acids is 1. The number of carboxylic acids is 1. The van der Waals surface area contributed by atoms with E-state index in [4.69, 9.17) is 5.73 Å². The molecule has 3 nitrogen and oxygen atoms in total. The molecule has 3 N–H and O–H groups in total. The van der Waals surface area contributed by atoms with Gasteiger partial charge in [-0.05, 0) is 35.4 Å². The predicted molar refractivity (Wildman–Crippen MR) is 82.3 cm³/mol. The fourth-order valence-corrected chi connectivity index (χ4v) is 3.34. The predicted octanol–water partition coefficient (Wildman–Crippen LogP) is 2.70. The Morgan fingerprint density at radius 2 is 1.81 bits per heavy atom. The Hall–Kier alpha value is -2.13. The maximum absolute atomic E-state index is 12.0. The lowest BCUT2D eigenvalue weighted by molar-refractivity contribution is -0.144. The zero-order chi connectivity index (χ0) is 14.9. The van der Waals surface area contributed by atoms with Gasteiger partial charge in [0.1, 0.15) is 5.41 Å². The van der Waals surface area contributed by atoms with Gasteiger partial charge in [-0.15, -0.1) is 0 Å². The molecule has 2 aromatic rings. The number of rotatable bonds is 5. The van der Waals surface area contributed by atoms with E-state index in [2.05, 4.69) is 12.1 Å². The first-order valence-corrected chi connectivity index (χ1v) is 7.24. The first kappa shape index (κ1) is 13.8. The van der Waals surface area contributed by atoms with Crippen molar-refractivity contribution < 1.29 is 9.90 Å². The highest BCUT2D eigenvalue weighted by atomic mass is 16.4. The van der Waals surface area contributed by atoms with Crippen molar-refractivity contribution in [3.05, 3.63) is 71.3 Å². The molecule has 0 aliphatic heterocycles. The number of carboxylic acid groups (broad SMARTS) is 1. The monoisotopic (exact) mass is 281 g/mol. The van der Waals surface area contributed by atoms with Gasteiger partial charge in [-0.2, -0.15) is 0 Å². The SMILES string of the molecule is NCC(CC1Cc2ccccc21)(C(=O)O)c1ccccc1. The Bertz CT molecular complexity index is 653. The van der Waals surface area contributed by atoms with Gasteiger partial charge in [-0.25, -0.2) is 0 Å². The van der Waals surface area contributed by atoms with Crippen LogP contribution in [0, 0.1) is 0 Å². The Balaban J connectivity index is 1.94. The van der Waals surface area contributed by atoms with Gasteiger partial charge in [0.2, 0.25) is 0 Å². The smallest absolute Gasteiger partial charge is 0.315 e. The van der Waals surface area contributed by atoms with Gasteiger partial charge in [0.15, 0.2) is 0 Å². The van der Waals surface area contributed by atoms with Crippen molar-refractivity contribution in [1.29, 1.82) is 0 Å². The summed E-state index contributed by atoms with van der Waals surface area (Å²) in [5, 5.41) is 9.81. The zero-order valence-corrected chi connectivity index (χ0v) is 11.8. The first-order valence-electron chi connectivity index (χ1n) is 7.24. The molecular weight excluding hydrogens is 262 g/mol. The molecule has 0 fully saturated rings. The normalized spacial score (nSPS) is 19.2. The molecule has 2 atom stereocenters. The lowest BCUT2D eigenvalue weighted by atomic mass is 9.66. The van der Waals surface area contributed by atoms with E-state index in [-0.39, 0.29) is 12.5 Å². The quantitative estimate of drug-likeness (QED) is 0.885. The van der Waals surface area contributed by atoms with Gasteiger partial charge in [0.25, 0.3) is 0 Å². The average Bonchev–Trinajstić information content (AvgIpc) is 2.49. The van der Waals surface area contributed by atoms with Gasteiger partial charge in [-0.1, -0.05) is 54.6 Å². The van der Waals surface area contributed by atoms with Crippen molar-refractivity contribution in [3.8, 4) is 0 Å². The topological polar surface area (TPSA) is 63.3 Å². The molecule has 1 aliphatic carbocycles. The van der Waals surface area contributed by atoms with Crippen molar-refractivity contribution in [3.63, 3.8) is 0 Å². The van der Waals surface area contributed by atoms with E-state index >= 15 is 0 Å². The molecule has 21 heavy (non-hydrogen) atoms. The molecule has 0 aromatic heterocycles. The van der Waals surface area contributed by atoms with E-state index in [1.807, 2.05) is 42.5 Å². The average molecular weight is 281 g/mol. The van der Waals surface area contributed by atoms with E-state index in [1.165, 1.54) is 11.1 Å². The minimum atomic E-state index is -1.00. The molecule has 0 radical (unpaired) electrons. The van der Waals surface area contributed by atoms with Crippen molar-refractivity contribution in [2.75, 3.05) is 6.54 Å². The summed E-state index contributed by atoms with van der Waals surface area (Å²) in [6.45, 7) is 0.116. The van der Waals surface area contributed by atoms with Gasteiger partial charge >= 0.3 is 5.97 Å². The van der Waals surface area contributed by atoms with Crippen molar-refractivity contribution in [1.82, 2.24) is 0 Å². The number of hydrogen-bond acceptors (Lipinski definition) is 2. The number of fused-ring (bicyclic) bond motifs is 1. The second-order valence-corrected chi connectivity index (χ2v) is 5.76. The Labute approximate surface area is 124 Å². The highest BCUT2D eigenvalue weighted by molar-refractivity contribution is 5.82. The molecule has 2 aromatic carbocycles. The highest BCUT2D eigenvalue weighted by Crippen LogP contribution is 2.43. The first-order chi connectivity index (χ1) is 10.2. The van der Waals surface area contributed by atoms with Gasteiger partial charge in [0.05, 0.1) is 0 Å². The summed E-state index contributed by atoms with van der Waals surface area (Å²) in [5.74, 6) is -0.554. The van der Waals surface area contributed by atoms with Crippen LogP contribution in [0.5, 0.6) is 0 Å². The number of carbonyl (C=O) groups is 1. The zero-order valence-electron chi connectivity index (χ0n) is 11.8. The molecular formula is C18H19NO2. The Kier molecular flexibility index (Phi) is 3.52. The van der Waals surface area contributed by atoms with Crippen LogP contribution in [0.1, 0.15) is 29.0 Å². The van der Waals surface area contributed by atoms with Crippen LogP contribution in [0.3, 0.4) is 0 Å². The Morgan fingerprint density at radius 1 is 1.14 bits per heavy atom. The summed E-state index contributed by atoms with van der Waals surface area (Å²) in [4.78, 5) is 12.0. The summed E-state index contributed by atoms with van der Waals surface area (Å²) in [6, 6.07) is 17.6. The lowest BCUT2D eigenvalue weighted by Gasteiger charge is -2.38. The number of benzene rings is 2. The second-order valence-electron chi connectivity index (χ2n) is 5.76. The van der Waals surface area contributed by atoms with Crippen molar-refractivity contribution >= 4 is 5.97 Å². The minimum Gasteiger partial charge on any atom is -0.481 e. The molecule has 108 valence electrons. The molecule has 0 bridgehead atoms. The summed E-state index contributed by atoms with van der Waals surface area (Å²) in [5.41, 5.74) is 8.30. The van der Waals surface area contributed by atoms with Crippen molar-refractivity contribution in [2.45, 2.75) is 24.2 Å². The summed E-state index contributed by atoms with van der Waals surface area (Å²) < 4.78 is 0. The maximum atomic E-state index is 12.0. The molecule has 3 heteroatoms. The third-order valence-electron chi connectivity index (χ3n) is 4.64. The summed E-state index contributed by atoms with van der Waals surface area (Å²) in [6.07, 6.45) is 1.50. The molecule has 0 saturated carbocycles. The van der Waals surface area contributed by atoms with Gasteiger partial charge in [0, 0.05) is 6.54 Å². The van der Waals surface area contributed by atoms with E-state index in [9.17, 15) is 9.90 Å². The van der Waals surface area contributed by atoms with E-state index in [0.29, 0.717) is 6.42 Å². The molecule has 0 heterocycles. The molecule has 0 amide bonds. The van der Waals surface area contributed by atoms with E-state index < -0.39 is 11.4 Å². The maximum Gasteiger partial charge on any atom is 0.315 e. The van der Waals surface area contributed by atoms with E-state index in [0.717, 1.165) is 12.0 Å². The molecule has 3 rings (SSSR count). The third kappa shape index (κ3) is 2.24. The van der Waals surface area contributed by atoms with Crippen LogP contribution in [0.25, 0.3) is 0 Å². The number of nitrogens with two attached hydrogens (primary N) is 1. The fourth-order valence-electron chi connectivity index (χ4n) is 3.34. The second kappa shape index (κ2) is 5.34. The lowest BCUT2D eigenvalue weighted by Crippen LogP contribution is -2.45. The largest absolute Gasteiger partial charge is 0.481 e. The molecule has 0 spiro atoms. The van der Waals surface area contributed by atoms with E-state index in [1.54, 1.807) is 0 Å². The van der Waals surface area contributed by atoms with Crippen LogP contribution in [-0.2, 0) is 16.6 Å². The van der Waals surface area contributed by atoms with Gasteiger partial charge in [-0.3, -0.25) is 4.79 Å². The standard InChI is InChI=1S/C18H19NO2/c19-12-18(17(20)21,15-7-2-1-3-8-15)11-14-10-13-6-4-5-9-16(13)14/h1-9,14H,10-12,19H2,(H,20,21). The molecule has 2 unspecified atom stereocenters. The number of hydrogen-bond donors (Lipinski definition) is 2. The van der Waals surface area contributed by atoms with Gasteiger partial charge < -0.3 is 10.8 Å². The van der Waals surface area contributed by atoms with Crippen LogP contribution < -0.4 is 5.73 Å².